The van der Waals surface area contributed by atoms with Crippen molar-refractivity contribution >= 4 is 17.5 Å². The Bertz CT molecular complexity index is 800. The highest BCUT2D eigenvalue weighted by molar-refractivity contribution is 6.09. The van der Waals surface area contributed by atoms with Gasteiger partial charge in [-0.15, -0.1) is 6.58 Å². The maximum Gasteiger partial charge on any atom is 0.255 e. The normalized spacial score (nSPS) is 10.3. The number of hydrogen-bond donors (Lipinski definition) is 2. The van der Waals surface area contributed by atoms with Crippen LogP contribution in [0.1, 0.15) is 41.0 Å². The van der Waals surface area contributed by atoms with Crippen molar-refractivity contribution < 1.29 is 14.3 Å². The molecule has 0 atom stereocenters. The number of amides is 2. The lowest BCUT2D eigenvalue weighted by Gasteiger charge is -2.12. The van der Waals surface area contributed by atoms with Crippen LogP contribution in [0, 0.1) is 5.92 Å². The fraction of sp³-hybridized carbons (Fsp3) is 0.273. The van der Waals surface area contributed by atoms with E-state index in [1.807, 2.05) is 6.07 Å². The molecule has 0 saturated heterocycles. The van der Waals surface area contributed by atoms with Crippen molar-refractivity contribution in [2.75, 3.05) is 18.5 Å². The summed E-state index contributed by atoms with van der Waals surface area (Å²) in [5, 5.41) is 5.52. The first kappa shape index (κ1) is 20.2. The van der Waals surface area contributed by atoms with E-state index >= 15 is 0 Å². The van der Waals surface area contributed by atoms with E-state index in [4.69, 9.17) is 4.74 Å². The predicted molar refractivity (Wildman–Crippen MR) is 108 cm³/mol. The highest BCUT2D eigenvalue weighted by Crippen LogP contribution is 2.19. The number of benzene rings is 2. The van der Waals surface area contributed by atoms with Crippen LogP contribution in [0.3, 0.4) is 0 Å². The highest BCUT2D eigenvalue weighted by atomic mass is 16.5. The molecule has 2 amide bonds. The van der Waals surface area contributed by atoms with E-state index in [0.717, 1.165) is 6.42 Å². The van der Waals surface area contributed by atoms with Crippen molar-refractivity contribution in [3.63, 3.8) is 0 Å². The van der Waals surface area contributed by atoms with E-state index in [9.17, 15) is 9.59 Å². The fourth-order valence-corrected chi connectivity index (χ4v) is 2.38. The second kappa shape index (κ2) is 10.2. The Labute approximate surface area is 160 Å². The van der Waals surface area contributed by atoms with Crippen LogP contribution in [0.4, 0.5) is 5.69 Å². The van der Waals surface area contributed by atoms with Crippen LogP contribution in [0.25, 0.3) is 0 Å². The Morgan fingerprint density at radius 1 is 1.11 bits per heavy atom. The van der Waals surface area contributed by atoms with Gasteiger partial charge >= 0.3 is 0 Å². The molecule has 2 rings (SSSR count). The molecule has 0 aromatic heterocycles. The van der Waals surface area contributed by atoms with E-state index in [-0.39, 0.29) is 11.8 Å². The molecular formula is C22H26N2O3. The van der Waals surface area contributed by atoms with Gasteiger partial charge in [-0.1, -0.05) is 38.1 Å². The van der Waals surface area contributed by atoms with Crippen LogP contribution >= 0.6 is 0 Å². The standard InChI is InChI=1S/C22H26N2O3/c1-4-13-23-22(26)19-10-5-6-11-20(19)24-21(25)17-8-7-9-18(15-17)27-14-12-16(2)3/h4-11,15-16H,1,12-14H2,2-3H3,(H,23,26)(H,24,25). The highest BCUT2D eigenvalue weighted by Gasteiger charge is 2.14. The van der Waals surface area contributed by atoms with E-state index in [1.165, 1.54) is 0 Å². The van der Waals surface area contributed by atoms with Gasteiger partial charge in [0.2, 0.25) is 0 Å². The lowest BCUT2D eigenvalue weighted by molar-refractivity contribution is 0.0959. The predicted octanol–water partition coefficient (Wildman–Crippen LogP) is 4.28. The van der Waals surface area contributed by atoms with E-state index in [0.29, 0.717) is 41.6 Å². The number of carbonyl (C=O) groups is 2. The lowest BCUT2D eigenvalue weighted by Crippen LogP contribution is -2.25. The van der Waals surface area contributed by atoms with Crippen LogP contribution < -0.4 is 15.4 Å². The maximum absolute atomic E-state index is 12.6. The average molecular weight is 366 g/mol. The summed E-state index contributed by atoms with van der Waals surface area (Å²) in [4.78, 5) is 24.9. The summed E-state index contributed by atoms with van der Waals surface area (Å²) in [7, 11) is 0. The number of anilines is 1. The molecule has 2 N–H and O–H groups in total. The van der Waals surface area contributed by atoms with Crippen LogP contribution in [0.15, 0.2) is 61.2 Å². The van der Waals surface area contributed by atoms with Crippen molar-refractivity contribution in [3.8, 4) is 5.75 Å². The first-order chi connectivity index (χ1) is 13.0. The minimum atomic E-state index is -0.298. The third kappa shape index (κ3) is 6.29. The smallest absolute Gasteiger partial charge is 0.255 e. The van der Waals surface area contributed by atoms with Crippen LogP contribution in [-0.4, -0.2) is 25.0 Å². The molecule has 142 valence electrons. The molecule has 0 bridgehead atoms. The Hall–Kier alpha value is -3.08. The molecule has 5 heteroatoms. The molecule has 0 aliphatic heterocycles. The number of rotatable bonds is 9. The van der Waals surface area contributed by atoms with Crippen molar-refractivity contribution in [2.45, 2.75) is 20.3 Å². The third-order valence-electron chi connectivity index (χ3n) is 3.89. The number of hydrogen-bond acceptors (Lipinski definition) is 3. The Morgan fingerprint density at radius 3 is 2.63 bits per heavy atom. The van der Waals surface area contributed by atoms with Gasteiger partial charge in [-0.2, -0.15) is 0 Å². The van der Waals surface area contributed by atoms with Gasteiger partial charge in [0.1, 0.15) is 5.75 Å². The van der Waals surface area contributed by atoms with Gasteiger partial charge in [-0.3, -0.25) is 9.59 Å². The number of ether oxygens (including phenoxy) is 1. The second-order valence-electron chi connectivity index (χ2n) is 6.56. The number of para-hydroxylation sites is 1. The zero-order valence-electron chi connectivity index (χ0n) is 15.8. The third-order valence-corrected chi connectivity index (χ3v) is 3.89. The zero-order chi connectivity index (χ0) is 19.6. The Morgan fingerprint density at radius 2 is 1.89 bits per heavy atom. The monoisotopic (exact) mass is 366 g/mol. The molecule has 2 aromatic rings. The molecule has 0 radical (unpaired) electrons. The molecule has 0 saturated carbocycles. The Balaban J connectivity index is 2.09. The van der Waals surface area contributed by atoms with Crippen molar-refractivity contribution in [3.05, 3.63) is 72.3 Å². The average Bonchev–Trinajstić information content (AvgIpc) is 2.66. The van der Waals surface area contributed by atoms with Crippen LogP contribution in [-0.2, 0) is 0 Å². The molecule has 0 aliphatic carbocycles. The summed E-state index contributed by atoms with van der Waals surface area (Å²) in [6.45, 7) is 8.81. The number of carbonyl (C=O) groups excluding carboxylic acids is 2. The molecule has 0 spiro atoms. The van der Waals surface area contributed by atoms with Gasteiger partial charge in [0.05, 0.1) is 17.9 Å². The minimum absolute atomic E-state index is 0.267. The molecule has 0 aliphatic rings. The summed E-state index contributed by atoms with van der Waals surface area (Å²) in [5.41, 5.74) is 1.32. The molecule has 0 fully saturated rings. The van der Waals surface area contributed by atoms with Gasteiger partial charge < -0.3 is 15.4 Å². The molecule has 2 aromatic carbocycles. The maximum atomic E-state index is 12.6. The molecule has 0 heterocycles. The fourth-order valence-electron chi connectivity index (χ4n) is 2.38. The van der Waals surface area contributed by atoms with Gasteiger partial charge in [0.25, 0.3) is 11.8 Å². The second-order valence-corrected chi connectivity index (χ2v) is 6.56. The topological polar surface area (TPSA) is 67.4 Å². The zero-order valence-corrected chi connectivity index (χ0v) is 15.8. The van der Waals surface area contributed by atoms with Crippen molar-refractivity contribution in [1.29, 1.82) is 0 Å². The van der Waals surface area contributed by atoms with Gasteiger partial charge in [0.15, 0.2) is 0 Å². The molecule has 0 unspecified atom stereocenters. The quantitative estimate of drug-likeness (QED) is 0.651. The summed E-state index contributed by atoms with van der Waals surface area (Å²) in [6, 6.07) is 13.9. The van der Waals surface area contributed by atoms with E-state index in [2.05, 4.69) is 31.1 Å². The summed E-state index contributed by atoms with van der Waals surface area (Å²) >= 11 is 0. The molecular weight excluding hydrogens is 340 g/mol. The Kier molecular flexibility index (Phi) is 7.62. The first-order valence-corrected chi connectivity index (χ1v) is 9.03. The lowest BCUT2D eigenvalue weighted by atomic mass is 10.1. The molecule has 27 heavy (non-hydrogen) atoms. The van der Waals surface area contributed by atoms with Crippen LogP contribution in [0.5, 0.6) is 5.75 Å². The largest absolute Gasteiger partial charge is 0.494 e. The van der Waals surface area contributed by atoms with E-state index < -0.39 is 0 Å². The number of nitrogens with one attached hydrogen (secondary N) is 2. The van der Waals surface area contributed by atoms with Gasteiger partial charge in [-0.05, 0) is 42.7 Å². The summed E-state index contributed by atoms with van der Waals surface area (Å²) < 4.78 is 5.71. The summed E-state index contributed by atoms with van der Waals surface area (Å²) in [5.74, 6) is 0.644. The van der Waals surface area contributed by atoms with Crippen molar-refractivity contribution in [1.82, 2.24) is 5.32 Å². The van der Waals surface area contributed by atoms with Crippen molar-refractivity contribution in [2.24, 2.45) is 5.92 Å². The van der Waals surface area contributed by atoms with Gasteiger partial charge in [-0.25, -0.2) is 0 Å². The molecule has 5 nitrogen and oxygen atoms in total. The first-order valence-electron chi connectivity index (χ1n) is 9.03. The van der Waals surface area contributed by atoms with E-state index in [1.54, 1.807) is 48.5 Å². The van der Waals surface area contributed by atoms with Crippen LogP contribution in [0.2, 0.25) is 0 Å². The SMILES string of the molecule is C=CCNC(=O)c1ccccc1NC(=O)c1cccc(OCCC(C)C)c1. The minimum Gasteiger partial charge on any atom is -0.494 e. The van der Waals surface area contributed by atoms with Gasteiger partial charge in [0, 0.05) is 12.1 Å². The summed E-state index contributed by atoms with van der Waals surface area (Å²) in [6.07, 6.45) is 2.55.